The molecule has 5 aromatic rings. The second-order valence-electron chi connectivity index (χ2n) is 14.2. The van der Waals surface area contributed by atoms with Gasteiger partial charge in [-0.25, -0.2) is 0 Å². The van der Waals surface area contributed by atoms with E-state index in [9.17, 15) is 0 Å². The molecule has 0 spiro atoms. The lowest BCUT2D eigenvalue weighted by molar-refractivity contribution is -0.686. The van der Waals surface area contributed by atoms with Gasteiger partial charge in [0, 0.05) is 53.1 Å². The van der Waals surface area contributed by atoms with Crippen molar-refractivity contribution in [1.29, 1.82) is 0 Å². The van der Waals surface area contributed by atoms with E-state index in [2.05, 4.69) is 135 Å². The van der Waals surface area contributed by atoms with E-state index in [1.165, 1.54) is 125 Å². The molecule has 0 radical (unpaired) electrons. The molecule has 0 fully saturated rings. The topological polar surface area (TPSA) is 7.76 Å². The van der Waals surface area contributed by atoms with Crippen molar-refractivity contribution in [2.75, 3.05) is 0 Å². The molecule has 0 N–H and O–H groups in total. The maximum atomic E-state index is 2.54. The molecule has 2 nitrogen and oxygen atoms in total. The highest BCUT2D eigenvalue weighted by Crippen LogP contribution is 2.51. The molecule has 238 valence electrons. The van der Waals surface area contributed by atoms with Crippen LogP contribution in [-0.4, -0.2) is 0 Å². The molecule has 1 aliphatic rings. The van der Waals surface area contributed by atoms with Crippen molar-refractivity contribution < 1.29 is 9.13 Å². The number of hydrogen-bond acceptors (Lipinski definition) is 0. The van der Waals surface area contributed by atoms with Gasteiger partial charge in [-0.15, -0.1) is 0 Å². The number of rotatable bonds is 14. The Morgan fingerprint density at radius 2 is 1.22 bits per heavy atom. The van der Waals surface area contributed by atoms with Gasteiger partial charge in [-0.05, 0) is 66.3 Å². The highest BCUT2D eigenvalue weighted by atomic mass is 15.0. The molecule has 0 atom stereocenters. The number of aryl methyl sites for hydroxylation is 3. The summed E-state index contributed by atoms with van der Waals surface area (Å²) >= 11 is 0. The summed E-state index contributed by atoms with van der Waals surface area (Å²) in [7, 11) is 0. The predicted octanol–water partition coefficient (Wildman–Crippen LogP) is 11.3. The number of para-hydroxylation sites is 1. The minimum Gasteiger partial charge on any atom is -0.198 e. The van der Waals surface area contributed by atoms with Crippen LogP contribution in [0.3, 0.4) is 0 Å². The first-order valence-electron chi connectivity index (χ1n) is 18.1. The molecule has 2 heteroatoms. The number of pyridine rings is 2. The summed E-state index contributed by atoms with van der Waals surface area (Å²) in [6, 6.07) is 30.1. The Balaban J connectivity index is 1.36. The third-order valence-electron chi connectivity index (χ3n) is 10.4. The van der Waals surface area contributed by atoms with Crippen LogP contribution in [0.15, 0.2) is 91.3 Å². The van der Waals surface area contributed by atoms with Gasteiger partial charge in [0.05, 0.1) is 5.39 Å². The molecular weight excluding hydrogens is 556 g/mol. The third-order valence-corrected chi connectivity index (χ3v) is 10.4. The Labute approximate surface area is 278 Å². The van der Waals surface area contributed by atoms with Crippen LogP contribution in [0.1, 0.15) is 109 Å². The van der Waals surface area contributed by atoms with Crippen LogP contribution in [0.2, 0.25) is 0 Å². The quantitative estimate of drug-likeness (QED) is 0.0873. The standard InChI is InChI=1S/C44H54N2/c1-6-8-10-12-16-27-45-29-26-36(31-42(45)34-22-20-33(3)21-23-34)35-24-25-37-39(30-35)44(4,5)40-32-46(28-17-13-11-9-7-2)41-19-15-14-18-38(41)43(37)40/h14-15,18-26,29-32H,6-13,16-17,27-28H2,1-5H3/q+2. The average molecular weight is 611 g/mol. The second kappa shape index (κ2) is 14.3. The number of benzene rings is 3. The smallest absolute Gasteiger partial charge is 0.198 e. The van der Waals surface area contributed by atoms with Gasteiger partial charge in [0.25, 0.3) is 0 Å². The monoisotopic (exact) mass is 610 g/mol. The largest absolute Gasteiger partial charge is 0.213 e. The first kappa shape index (κ1) is 32.2. The van der Waals surface area contributed by atoms with E-state index in [1.54, 1.807) is 0 Å². The van der Waals surface area contributed by atoms with E-state index in [4.69, 9.17) is 0 Å². The van der Waals surface area contributed by atoms with E-state index in [0.29, 0.717) is 0 Å². The Morgan fingerprint density at radius 1 is 0.587 bits per heavy atom. The van der Waals surface area contributed by atoms with Crippen molar-refractivity contribution in [2.24, 2.45) is 0 Å². The molecule has 0 amide bonds. The molecule has 0 saturated carbocycles. The van der Waals surface area contributed by atoms with E-state index >= 15 is 0 Å². The van der Waals surface area contributed by atoms with E-state index in [0.717, 1.165) is 13.1 Å². The molecule has 2 aromatic heterocycles. The molecule has 46 heavy (non-hydrogen) atoms. The fourth-order valence-electron chi connectivity index (χ4n) is 7.57. The number of hydrogen-bond donors (Lipinski definition) is 0. The average Bonchev–Trinajstić information content (AvgIpc) is 3.30. The summed E-state index contributed by atoms with van der Waals surface area (Å²) in [6.07, 6.45) is 17.8. The molecular formula is C44H54N2+2. The van der Waals surface area contributed by atoms with Crippen LogP contribution in [0.4, 0.5) is 0 Å². The molecule has 6 rings (SSSR count). The van der Waals surface area contributed by atoms with Crippen molar-refractivity contribution in [2.45, 2.75) is 117 Å². The van der Waals surface area contributed by atoms with E-state index in [-0.39, 0.29) is 5.41 Å². The van der Waals surface area contributed by atoms with Gasteiger partial charge in [-0.3, -0.25) is 0 Å². The number of unbranched alkanes of at least 4 members (excludes halogenated alkanes) is 8. The lowest BCUT2D eigenvalue weighted by atomic mass is 9.82. The maximum Gasteiger partial charge on any atom is 0.213 e. The number of nitrogens with zero attached hydrogens (tertiary/aromatic N) is 2. The zero-order valence-corrected chi connectivity index (χ0v) is 29.0. The van der Waals surface area contributed by atoms with Crippen LogP contribution in [0.5, 0.6) is 0 Å². The summed E-state index contributed by atoms with van der Waals surface area (Å²) in [5, 5.41) is 1.38. The van der Waals surface area contributed by atoms with Crippen LogP contribution in [0, 0.1) is 6.92 Å². The lowest BCUT2D eigenvalue weighted by Gasteiger charge is -2.21. The van der Waals surface area contributed by atoms with Crippen molar-refractivity contribution in [3.8, 4) is 33.5 Å². The molecule has 2 heterocycles. The van der Waals surface area contributed by atoms with Crippen molar-refractivity contribution >= 4 is 10.9 Å². The van der Waals surface area contributed by atoms with Gasteiger partial charge in [-0.2, -0.15) is 9.13 Å². The molecule has 0 aliphatic heterocycles. The Bertz CT molecular complexity index is 1790. The number of fused-ring (bicyclic) bond motifs is 5. The third kappa shape index (κ3) is 6.55. The van der Waals surface area contributed by atoms with E-state index in [1.807, 2.05) is 0 Å². The van der Waals surface area contributed by atoms with Crippen molar-refractivity contribution in [3.63, 3.8) is 0 Å². The zero-order chi connectivity index (χ0) is 32.1. The van der Waals surface area contributed by atoms with Crippen molar-refractivity contribution in [3.05, 3.63) is 108 Å². The first-order chi connectivity index (χ1) is 22.4. The summed E-state index contributed by atoms with van der Waals surface area (Å²) in [5.41, 5.74) is 13.5. The predicted molar refractivity (Wildman–Crippen MR) is 195 cm³/mol. The fourth-order valence-corrected chi connectivity index (χ4v) is 7.57. The molecule has 0 unspecified atom stereocenters. The van der Waals surface area contributed by atoms with Gasteiger partial charge in [0.15, 0.2) is 12.4 Å². The van der Waals surface area contributed by atoms with Gasteiger partial charge >= 0.3 is 0 Å². The molecule has 3 aromatic carbocycles. The van der Waals surface area contributed by atoms with Gasteiger partial charge < -0.3 is 0 Å². The van der Waals surface area contributed by atoms with Crippen molar-refractivity contribution in [1.82, 2.24) is 0 Å². The summed E-state index contributed by atoms with van der Waals surface area (Å²) in [6.45, 7) is 13.8. The summed E-state index contributed by atoms with van der Waals surface area (Å²) in [4.78, 5) is 0. The highest BCUT2D eigenvalue weighted by molar-refractivity contribution is 5.99. The Kier molecular flexibility index (Phi) is 10.0. The van der Waals surface area contributed by atoms with Crippen LogP contribution >= 0.6 is 0 Å². The van der Waals surface area contributed by atoms with E-state index < -0.39 is 0 Å². The molecule has 0 bridgehead atoms. The second-order valence-corrected chi connectivity index (χ2v) is 14.2. The lowest BCUT2D eigenvalue weighted by Crippen LogP contribution is -2.36. The molecule has 1 aliphatic carbocycles. The van der Waals surface area contributed by atoms with Gasteiger partial charge in [-0.1, -0.05) is 108 Å². The molecule has 0 saturated heterocycles. The van der Waals surface area contributed by atoms with Gasteiger partial charge in [0.1, 0.15) is 13.1 Å². The SMILES string of the molecule is CCCCCCC[n+]1ccc(-c2ccc3c(c2)C(C)(C)c2c[n+](CCCCCCC)c4ccccc4c2-3)cc1-c1ccc(C)cc1. The van der Waals surface area contributed by atoms with Crippen LogP contribution in [-0.2, 0) is 18.5 Å². The number of aromatic nitrogens is 2. The maximum absolute atomic E-state index is 2.54. The van der Waals surface area contributed by atoms with Crippen LogP contribution < -0.4 is 9.13 Å². The fraction of sp³-hybridized carbons (Fsp3) is 0.409. The highest BCUT2D eigenvalue weighted by Gasteiger charge is 2.40. The Morgan fingerprint density at radius 3 is 1.93 bits per heavy atom. The summed E-state index contributed by atoms with van der Waals surface area (Å²) < 4.78 is 5.01. The minimum absolute atomic E-state index is 0.0678. The normalized spacial score (nSPS) is 13.2. The summed E-state index contributed by atoms with van der Waals surface area (Å²) in [5.74, 6) is 0. The van der Waals surface area contributed by atoms with Crippen LogP contribution in [0.25, 0.3) is 44.4 Å². The van der Waals surface area contributed by atoms with Gasteiger partial charge in [0.2, 0.25) is 11.2 Å². The Hall–Kier alpha value is -3.78. The minimum atomic E-state index is -0.0678. The first-order valence-corrected chi connectivity index (χ1v) is 18.1. The zero-order valence-electron chi connectivity index (χ0n) is 29.0.